The van der Waals surface area contributed by atoms with Gasteiger partial charge in [-0.25, -0.2) is 17.6 Å². The normalized spacial score (nSPS) is 16.0. The summed E-state index contributed by atoms with van der Waals surface area (Å²) in [4.78, 5) is 0. The first-order chi connectivity index (χ1) is 21.6. The molecule has 0 aromatic carbocycles. The molecule has 4 N–H and O–H groups in total. The highest BCUT2D eigenvalue weighted by Gasteiger charge is 2.89. The maximum Gasteiger partial charge on any atom is 0.384 e. The predicted octanol–water partition coefficient (Wildman–Crippen LogP) is 5.99. The molecule has 0 bridgehead atoms. The first-order valence-electron chi connectivity index (χ1n) is 11.1. The molecule has 0 radical (unpaired) electrons. The van der Waals surface area contributed by atoms with Gasteiger partial charge < -0.3 is 10.2 Å². The minimum Gasteiger partial charge on any atom is -0.394 e. The van der Waals surface area contributed by atoms with Crippen molar-refractivity contribution in [2.45, 2.75) is 85.1 Å². The van der Waals surface area contributed by atoms with E-state index in [0.717, 1.165) is 0 Å². The van der Waals surface area contributed by atoms with E-state index in [1.807, 2.05) is 0 Å². The SMILES string of the molecule is CC(O)CO.O=S(=O)(O)CC(F)(F)C(F)(F)C(F)(F)C(F)(F)C(F)(F)C(F)F.O=S(=O)(O)CC(F)(F)C(F)(F)C(F)(F)C(F)(F)C(F)(F)C(F)F. The molecule has 8 nitrogen and oxygen atoms in total. The quantitative estimate of drug-likeness (QED) is 0.116. The maximum absolute atomic E-state index is 12.9. The predicted molar refractivity (Wildman–Crippen MR) is 113 cm³/mol. The van der Waals surface area contributed by atoms with Gasteiger partial charge in [0.15, 0.2) is 0 Å². The molecule has 0 aromatic rings. The van der Waals surface area contributed by atoms with Crippen LogP contribution in [0.2, 0.25) is 0 Å². The lowest BCUT2D eigenvalue weighted by atomic mass is 9.95. The van der Waals surface area contributed by atoms with Crippen molar-refractivity contribution < 1.29 is 142 Å². The first-order valence-corrected chi connectivity index (χ1v) is 14.3. The van der Waals surface area contributed by atoms with E-state index < -0.39 is 110 Å². The minimum absolute atomic E-state index is 0.139. The fraction of sp³-hybridized carbons (Fsp3) is 1.00. The van der Waals surface area contributed by atoms with Crippen LogP contribution in [0.1, 0.15) is 6.92 Å². The van der Waals surface area contributed by atoms with E-state index in [1.165, 1.54) is 6.92 Å². The number of rotatable bonds is 15. The highest BCUT2D eigenvalue weighted by molar-refractivity contribution is 7.86. The molecule has 51 heavy (non-hydrogen) atoms. The van der Waals surface area contributed by atoms with Crippen LogP contribution in [0.25, 0.3) is 0 Å². The lowest BCUT2D eigenvalue weighted by Crippen LogP contribution is -2.69. The van der Waals surface area contributed by atoms with Crippen molar-refractivity contribution in [1.82, 2.24) is 0 Å². The zero-order valence-electron chi connectivity index (χ0n) is 23.2. The summed E-state index contributed by atoms with van der Waals surface area (Å²) in [6.45, 7) is 1.39. The second kappa shape index (κ2) is 15.8. The molecule has 0 rings (SSSR count). The Morgan fingerprint density at radius 2 is 0.627 bits per heavy atom. The van der Waals surface area contributed by atoms with Crippen molar-refractivity contribution in [3.8, 4) is 0 Å². The zero-order chi connectivity index (χ0) is 42.9. The standard InChI is InChI=1S/2C7H4F12O3S.C3H8O2/c2*8-2(9)4(12,13)6(16,17)7(18,19)5(14,15)3(10,11)1-23(20,21)22;1-3(5)2-4/h2*2H,1H2,(H,20,21,22);3-5H,2H2,1H3. The topological polar surface area (TPSA) is 149 Å². The summed E-state index contributed by atoms with van der Waals surface area (Å²) in [5.74, 6) is -80.9. The highest BCUT2D eigenvalue weighted by Crippen LogP contribution is 2.59. The Morgan fingerprint density at radius 1 is 0.451 bits per heavy atom. The van der Waals surface area contributed by atoms with Crippen molar-refractivity contribution in [3.63, 3.8) is 0 Å². The van der Waals surface area contributed by atoms with Crippen LogP contribution < -0.4 is 0 Å². The van der Waals surface area contributed by atoms with Crippen LogP contribution in [0.5, 0.6) is 0 Å². The first kappa shape index (κ1) is 53.4. The molecular formula is C17H16F24O8S2. The van der Waals surface area contributed by atoms with Gasteiger partial charge in [-0.05, 0) is 6.92 Å². The fourth-order valence-corrected chi connectivity index (χ4v) is 3.46. The van der Waals surface area contributed by atoms with Crippen molar-refractivity contribution in [3.05, 3.63) is 0 Å². The third-order valence-corrected chi connectivity index (χ3v) is 6.33. The van der Waals surface area contributed by atoms with Gasteiger partial charge in [-0.1, -0.05) is 0 Å². The molecule has 0 amide bonds. The Morgan fingerprint density at radius 3 is 0.745 bits per heavy atom. The maximum atomic E-state index is 12.9. The molecule has 1 atom stereocenters. The number of hydrogen-bond donors (Lipinski definition) is 4. The summed E-state index contributed by atoms with van der Waals surface area (Å²) in [7, 11) is -12.3. The van der Waals surface area contributed by atoms with Gasteiger partial charge in [-0.2, -0.15) is 105 Å². The van der Waals surface area contributed by atoms with Crippen LogP contribution in [-0.4, -0.2) is 132 Å². The molecular weight excluding hydrogens is 852 g/mol. The molecule has 0 aliphatic rings. The summed E-state index contributed by atoms with van der Waals surface area (Å²) < 4.78 is 357. The lowest BCUT2D eigenvalue weighted by Gasteiger charge is -2.38. The number of aliphatic hydroxyl groups excluding tert-OH is 2. The number of halogens is 24. The van der Waals surface area contributed by atoms with E-state index >= 15 is 0 Å². The lowest BCUT2D eigenvalue weighted by molar-refractivity contribution is -0.410. The van der Waals surface area contributed by atoms with Crippen LogP contribution in [0.4, 0.5) is 105 Å². The van der Waals surface area contributed by atoms with Crippen molar-refractivity contribution >= 4 is 20.2 Å². The molecule has 312 valence electrons. The molecule has 0 saturated heterocycles. The third-order valence-electron chi connectivity index (χ3n) is 4.87. The molecule has 0 aromatic heterocycles. The van der Waals surface area contributed by atoms with Gasteiger partial charge in [-0.3, -0.25) is 9.11 Å². The molecule has 0 fully saturated rings. The van der Waals surface area contributed by atoms with E-state index in [4.69, 9.17) is 19.3 Å². The van der Waals surface area contributed by atoms with Gasteiger partial charge in [0.25, 0.3) is 20.2 Å². The van der Waals surface area contributed by atoms with Crippen LogP contribution >= 0.6 is 0 Å². The second-order valence-electron chi connectivity index (χ2n) is 9.19. The molecule has 0 spiro atoms. The number of aliphatic hydroxyl groups is 2. The summed E-state index contributed by atoms with van der Waals surface area (Å²) >= 11 is 0. The van der Waals surface area contributed by atoms with E-state index in [0.29, 0.717) is 0 Å². The summed E-state index contributed by atoms with van der Waals surface area (Å²) in [6, 6.07) is 0. The summed E-state index contributed by atoms with van der Waals surface area (Å²) in [6.07, 6.45) is -11.8. The highest BCUT2D eigenvalue weighted by atomic mass is 32.2. The Balaban J connectivity index is -0.000000796. The Labute approximate surface area is 265 Å². The van der Waals surface area contributed by atoms with Gasteiger partial charge in [0, 0.05) is 0 Å². The molecule has 0 aliphatic carbocycles. The van der Waals surface area contributed by atoms with Crippen molar-refractivity contribution in [2.24, 2.45) is 0 Å². The Hall–Kier alpha value is -1.94. The van der Waals surface area contributed by atoms with Crippen LogP contribution in [0.15, 0.2) is 0 Å². The van der Waals surface area contributed by atoms with Crippen molar-refractivity contribution in [2.75, 3.05) is 18.1 Å². The Kier molecular flexibility index (Phi) is 16.6. The largest absolute Gasteiger partial charge is 0.394 e. The molecule has 34 heteroatoms. The Bertz CT molecular complexity index is 1250. The molecule has 1 unspecified atom stereocenters. The number of alkyl halides is 24. The molecule has 0 saturated carbocycles. The van der Waals surface area contributed by atoms with E-state index in [9.17, 15) is 122 Å². The van der Waals surface area contributed by atoms with Gasteiger partial charge in [0.1, 0.15) is 11.5 Å². The van der Waals surface area contributed by atoms with E-state index in [1.54, 1.807) is 0 Å². The van der Waals surface area contributed by atoms with Gasteiger partial charge >= 0.3 is 72.1 Å². The summed E-state index contributed by atoms with van der Waals surface area (Å²) in [5.41, 5.74) is 0. The van der Waals surface area contributed by atoms with Crippen LogP contribution in [-0.2, 0) is 20.2 Å². The average Bonchev–Trinajstić information content (AvgIpc) is 2.85. The summed E-state index contributed by atoms with van der Waals surface area (Å²) in [5, 5.41) is 16.0. The minimum atomic E-state index is -7.81. The molecule has 0 aliphatic heterocycles. The third kappa shape index (κ3) is 11.0. The van der Waals surface area contributed by atoms with Crippen LogP contribution in [0.3, 0.4) is 0 Å². The average molecular weight is 868 g/mol. The van der Waals surface area contributed by atoms with E-state index in [2.05, 4.69) is 0 Å². The van der Waals surface area contributed by atoms with E-state index in [-0.39, 0.29) is 6.61 Å². The van der Waals surface area contributed by atoms with Gasteiger partial charge in [-0.15, -0.1) is 0 Å². The fourth-order valence-electron chi connectivity index (χ4n) is 2.19. The van der Waals surface area contributed by atoms with Gasteiger partial charge in [0.05, 0.1) is 12.7 Å². The van der Waals surface area contributed by atoms with Gasteiger partial charge in [0.2, 0.25) is 0 Å². The van der Waals surface area contributed by atoms with Crippen LogP contribution in [0, 0.1) is 0 Å². The van der Waals surface area contributed by atoms with Crippen molar-refractivity contribution in [1.29, 1.82) is 0 Å². The number of hydrogen-bond acceptors (Lipinski definition) is 6. The molecule has 0 heterocycles. The smallest absolute Gasteiger partial charge is 0.384 e. The second-order valence-corrected chi connectivity index (χ2v) is 12.1. The zero-order valence-corrected chi connectivity index (χ0v) is 24.8. The monoisotopic (exact) mass is 868 g/mol.